The zero-order valence-electron chi connectivity index (χ0n) is 8.25. The van der Waals surface area contributed by atoms with Crippen molar-refractivity contribution in [3.05, 3.63) is 12.2 Å². The number of carbonyl (C=O) groups is 1. The van der Waals surface area contributed by atoms with E-state index in [1.807, 2.05) is 18.7 Å². The van der Waals surface area contributed by atoms with Crippen LogP contribution in [0.4, 0.5) is 0 Å². The number of amides is 1. The van der Waals surface area contributed by atoms with Crippen molar-refractivity contribution in [3.8, 4) is 0 Å². The minimum Gasteiger partial charge on any atom is -0.349 e. The van der Waals surface area contributed by atoms with Gasteiger partial charge in [0.05, 0.1) is 0 Å². The van der Waals surface area contributed by atoms with Gasteiger partial charge in [-0.2, -0.15) is 11.8 Å². The SMILES string of the molecule is C/C=C/C(=O)NC1CCCC1SC. The lowest BCUT2D eigenvalue weighted by Crippen LogP contribution is -2.37. The topological polar surface area (TPSA) is 29.1 Å². The first-order chi connectivity index (χ1) is 6.27. The number of allylic oxidation sites excluding steroid dienone is 1. The lowest BCUT2D eigenvalue weighted by Gasteiger charge is -2.17. The average molecular weight is 199 g/mol. The van der Waals surface area contributed by atoms with Gasteiger partial charge in [-0.25, -0.2) is 0 Å². The zero-order valence-corrected chi connectivity index (χ0v) is 9.06. The summed E-state index contributed by atoms with van der Waals surface area (Å²) < 4.78 is 0. The molecular weight excluding hydrogens is 182 g/mol. The van der Waals surface area contributed by atoms with E-state index in [9.17, 15) is 4.79 Å². The van der Waals surface area contributed by atoms with Crippen LogP contribution in [0.15, 0.2) is 12.2 Å². The third-order valence-electron chi connectivity index (χ3n) is 2.40. The molecule has 0 radical (unpaired) electrons. The molecule has 1 fully saturated rings. The van der Waals surface area contributed by atoms with Gasteiger partial charge in [-0.05, 0) is 32.1 Å². The predicted octanol–water partition coefficient (Wildman–Crippen LogP) is 1.96. The summed E-state index contributed by atoms with van der Waals surface area (Å²) in [5.41, 5.74) is 0. The van der Waals surface area contributed by atoms with Crippen LogP contribution in [0.1, 0.15) is 26.2 Å². The molecule has 0 heterocycles. The molecule has 2 unspecified atom stereocenters. The monoisotopic (exact) mass is 199 g/mol. The Kier molecular flexibility index (Phi) is 4.36. The third-order valence-corrected chi connectivity index (χ3v) is 3.57. The van der Waals surface area contributed by atoms with Gasteiger partial charge in [0.15, 0.2) is 0 Å². The first-order valence-electron chi connectivity index (χ1n) is 4.74. The largest absolute Gasteiger partial charge is 0.349 e. The Bertz CT molecular complexity index is 203. The van der Waals surface area contributed by atoms with Crippen LogP contribution in [-0.4, -0.2) is 23.5 Å². The molecule has 13 heavy (non-hydrogen) atoms. The maximum Gasteiger partial charge on any atom is 0.243 e. The summed E-state index contributed by atoms with van der Waals surface area (Å²) >= 11 is 1.86. The van der Waals surface area contributed by atoms with Gasteiger partial charge in [0.2, 0.25) is 5.91 Å². The van der Waals surface area contributed by atoms with Crippen LogP contribution < -0.4 is 5.32 Å². The highest BCUT2D eigenvalue weighted by Crippen LogP contribution is 2.28. The minimum atomic E-state index is 0.0495. The maximum absolute atomic E-state index is 11.3. The molecule has 1 N–H and O–H groups in total. The van der Waals surface area contributed by atoms with Crippen molar-refractivity contribution in [3.63, 3.8) is 0 Å². The van der Waals surface area contributed by atoms with Crippen molar-refractivity contribution in [2.45, 2.75) is 37.5 Å². The molecule has 1 aliphatic carbocycles. The number of nitrogens with one attached hydrogen (secondary N) is 1. The minimum absolute atomic E-state index is 0.0495. The molecule has 0 aromatic carbocycles. The number of thioether (sulfide) groups is 1. The molecule has 0 spiro atoms. The molecule has 0 aliphatic heterocycles. The second-order valence-electron chi connectivity index (χ2n) is 3.32. The summed E-state index contributed by atoms with van der Waals surface area (Å²) in [7, 11) is 0. The molecule has 2 nitrogen and oxygen atoms in total. The van der Waals surface area contributed by atoms with E-state index in [4.69, 9.17) is 0 Å². The lowest BCUT2D eigenvalue weighted by molar-refractivity contribution is -0.117. The molecular formula is C10H17NOS. The van der Waals surface area contributed by atoms with Gasteiger partial charge < -0.3 is 5.32 Å². The Morgan fingerprint density at radius 2 is 2.31 bits per heavy atom. The molecule has 2 atom stereocenters. The standard InChI is InChI=1S/C10H17NOS/c1-3-5-10(12)11-8-6-4-7-9(8)13-2/h3,5,8-9H,4,6-7H2,1-2H3,(H,11,12)/b5-3+. The van der Waals surface area contributed by atoms with Gasteiger partial charge in [0.1, 0.15) is 0 Å². The molecule has 0 aromatic rings. The Balaban J connectivity index is 2.39. The summed E-state index contributed by atoms with van der Waals surface area (Å²) in [6.07, 6.45) is 9.10. The second-order valence-corrected chi connectivity index (χ2v) is 4.40. The van der Waals surface area contributed by atoms with Crippen LogP contribution in [0, 0.1) is 0 Å². The normalized spacial score (nSPS) is 28.2. The van der Waals surface area contributed by atoms with Crippen LogP contribution in [0.3, 0.4) is 0 Å². The smallest absolute Gasteiger partial charge is 0.243 e. The molecule has 3 heteroatoms. The van der Waals surface area contributed by atoms with Crippen LogP contribution in [-0.2, 0) is 4.79 Å². The van der Waals surface area contributed by atoms with E-state index < -0.39 is 0 Å². The van der Waals surface area contributed by atoms with Gasteiger partial charge >= 0.3 is 0 Å². The molecule has 74 valence electrons. The van der Waals surface area contributed by atoms with E-state index in [-0.39, 0.29) is 5.91 Å². The van der Waals surface area contributed by atoms with Gasteiger partial charge in [0, 0.05) is 11.3 Å². The van der Waals surface area contributed by atoms with E-state index in [1.54, 1.807) is 12.2 Å². The van der Waals surface area contributed by atoms with E-state index in [2.05, 4.69) is 11.6 Å². The quantitative estimate of drug-likeness (QED) is 0.704. The highest BCUT2D eigenvalue weighted by atomic mass is 32.2. The van der Waals surface area contributed by atoms with E-state index in [1.165, 1.54) is 12.8 Å². The fourth-order valence-corrected chi connectivity index (χ4v) is 2.69. The first-order valence-corrected chi connectivity index (χ1v) is 6.02. The van der Waals surface area contributed by atoms with E-state index >= 15 is 0 Å². The van der Waals surface area contributed by atoms with Gasteiger partial charge in [0.25, 0.3) is 0 Å². The number of hydrogen-bond acceptors (Lipinski definition) is 2. The predicted molar refractivity (Wildman–Crippen MR) is 57.9 cm³/mol. The van der Waals surface area contributed by atoms with Crippen LogP contribution >= 0.6 is 11.8 Å². The number of hydrogen-bond donors (Lipinski definition) is 1. The Morgan fingerprint density at radius 1 is 1.54 bits per heavy atom. The number of rotatable bonds is 3. The van der Waals surface area contributed by atoms with Gasteiger partial charge in [-0.1, -0.05) is 12.5 Å². The van der Waals surface area contributed by atoms with Crippen molar-refractivity contribution in [1.82, 2.24) is 5.32 Å². The van der Waals surface area contributed by atoms with Crippen molar-refractivity contribution in [2.75, 3.05) is 6.26 Å². The second kappa shape index (κ2) is 5.32. The Labute approximate surface area is 84.2 Å². The molecule has 0 aromatic heterocycles. The highest BCUT2D eigenvalue weighted by Gasteiger charge is 2.26. The van der Waals surface area contributed by atoms with E-state index in [0.29, 0.717) is 11.3 Å². The molecule has 1 rings (SSSR count). The molecule has 0 saturated heterocycles. The maximum atomic E-state index is 11.3. The number of carbonyl (C=O) groups excluding carboxylic acids is 1. The van der Waals surface area contributed by atoms with Gasteiger partial charge in [-0.15, -0.1) is 0 Å². The fourth-order valence-electron chi connectivity index (χ4n) is 1.76. The lowest BCUT2D eigenvalue weighted by atomic mass is 10.2. The summed E-state index contributed by atoms with van der Waals surface area (Å²) in [6.45, 7) is 1.86. The highest BCUT2D eigenvalue weighted by molar-refractivity contribution is 7.99. The summed E-state index contributed by atoms with van der Waals surface area (Å²) in [4.78, 5) is 11.3. The molecule has 0 bridgehead atoms. The van der Waals surface area contributed by atoms with Crippen molar-refractivity contribution in [1.29, 1.82) is 0 Å². The Hall–Kier alpha value is -0.440. The van der Waals surface area contributed by atoms with Crippen molar-refractivity contribution in [2.24, 2.45) is 0 Å². The average Bonchev–Trinajstić information content (AvgIpc) is 2.52. The molecule has 1 amide bonds. The van der Waals surface area contributed by atoms with Crippen LogP contribution in [0.5, 0.6) is 0 Å². The van der Waals surface area contributed by atoms with Crippen LogP contribution in [0.25, 0.3) is 0 Å². The van der Waals surface area contributed by atoms with E-state index in [0.717, 1.165) is 6.42 Å². The fraction of sp³-hybridized carbons (Fsp3) is 0.700. The zero-order chi connectivity index (χ0) is 9.68. The van der Waals surface area contributed by atoms with Gasteiger partial charge in [-0.3, -0.25) is 4.79 Å². The first kappa shape index (κ1) is 10.6. The van der Waals surface area contributed by atoms with Crippen molar-refractivity contribution >= 4 is 17.7 Å². The summed E-state index contributed by atoms with van der Waals surface area (Å²) in [5.74, 6) is 0.0495. The molecule has 1 aliphatic rings. The van der Waals surface area contributed by atoms with Crippen LogP contribution in [0.2, 0.25) is 0 Å². The third kappa shape index (κ3) is 3.07. The Morgan fingerprint density at radius 3 is 2.92 bits per heavy atom. The molecule has 1 saturated carbocycles. The summed E-state index contributed by atoms with van der Waals surface area (Å²) in [6, 6.07) is 0.388. The van der Waals surface area contributed by atoms with Crippen molar-refractivity contribution < 1.29 is 4.79 Å². The summed E-state index contributed by atoms with van der Waals surface area (Å²) in [5, 5.41) is 3.65.